The fourth-order valence-electron chi connectivity index (χ4n) is 4.74. The largest absolute Gasteiger partial charge is 0.493 e. The molecule has 1 aliphatic carbocycles. The van der Waals surface area contributed by atoms with Crippen molar-refractivity contribution in [2.45, 2.75) is 24.8 Å². The van der Waals surface area contributed by atoms with Crippen LogP contribution in [0.3, 0.4) is 0 Å². The normalized spacial score (nSPS) is 19.5. The Morgan fingerprint density at radius 1 is 0.909 bits per heavy atom. The van der Waals surface area contributed by atoms with Gasteiger partial charge in [-0.2, -0.15) is 0 Å². The number of nitrogens with one attached hydrogen (secondary N) is 2. The topological polar surface area (TPSA) is 68.8 Å². The predicted molar refractivity (Wildman–Crippen MR) is 131 cm³/mol. The van der Waals surface area contributed by atoms with E-state index < -0.39 is 0 Å². The number of allylic oxidation sites excluding steroid dienone is 1. The molecule has 2 aliphatic rings. The van der Waals surface area contributed by atoms with Crippen molar-refractivity contribution in [1.82, 2.24) is 0 Å². The Kier molecular flexibility index (Phi) is 5.72. The Balaban J connectivity index is 1.66. The van der Waals surface area contributed by atoms with Gasteiger partial charge in [0.25, 0.3) is 0 Å². The first-order valence-corrected chi connectivity index (χ1v) is 11.7. The molecule has 2 aromatic carbocycles. The lowest BCUT2D eigenvalue weighted by Gasteiger charge is -2.29. The maximum atomic E-state index is 13.6. The molecule has 2 atom stereocenters. The molecule has 6 nitrogen and oxygen atoms in total. The van der Waals surface area contributed by atoms with Crippen LogP contribution in [-0.4, -0.2) is 27.1 Å². The van der Waals surface area contributed by atoms with Crippen LogP contribution in [0.15, 0.2) is 65.2 Å². The zero-order valence-corrected chi connectivity index (χ0v) is 19.6. The Bertz CT molecular complexity index is 1190. The van der Waals surface area contributed by atoms with Gasteiger partial charge in [0.05, 0.1) is 38.7 Å². The van der Waals surface area contributed by atoms with Gasteiger partial charge in [-0.05, 0) is 47.7 Å². The summed E-state index contributed by atoms with van der Waals surface area (Å²) in [5.41, 5.74) is 4.48. The molecule has 0 bridgehead atoms. The standard InChI is InChI=1S/C26H26N2O4S/c1-30-21-13-16(14-22(31-2)26(21)32-3)25-24-19(27-17-7-4-5-8-18(17)28-25)11-15(12-20(24)29)23-9-6-10-33-23/h4-10,13-15,25,27-28H,11-12H2,1-3H3/t15-,25+/m1/s1. The molecule has 0 unspecified atom stereocenters. The Morgan fingerprint density at radius 3 is 2.27 bits per heavy atom. The van der Waals surface area contributed by atoms with E-state index in [1.54, 1.807) is 32.7 Å². The second-order valence-electron chi connectivity index (χ2n) is 8.14. The van der Waals surface area contributed by atoms with Crippen LogP contribution in [0.5, 0.6) is 17.2 Å². The third-order valence-electron chi connectivity index (χ3n) is 6.27. The summed E-state index contributed by atoms with van der Waals surface area (Å²) in [4.78, 5) is 14.9. The Morgan fingerprint density at radius 2 is 1.64 bits per heavy atom. The van der Waals surface area contributed by atoms with E-state index in [1.165, 1.54) is 4.88 Å². The number of benzene rings is 2. The van der Waals surface area contributed by atoms with Crippen LogP contribution in [0, 0.1) is 0 Å². The first-order valence-electron chi connectivity index (χ1n) is 10.8. The number of para-hydroxylation sites is 2. The van der Waals surface area contributed by atoms with Gasteiger partial charge in [-0.1, -0.05) is 18.2 Å². The molecule has 0 amide bonds. The van der Waals surface area contributed by atoms with Gasteiger partial charge in [0.2, 0.25) is 5.75 Å². The van der Waals surface area contributed by atoms with Gasteiger partial charge < -0.3 is 24.8 Å². The summed E-state index contributed by atoms with van der Waals surface area (Å²) in [5, 5.41) is 9.25. The maximum Gasteiger partial charge on any atom is 0.203 e. The van der Waals surface area contributed by atoms with Gasteiger partial charge in [-0.3, -0.25) is 4.79 Å². The highest BCUT2D eigenvalue weighted by Gasteiger charge is 2.37. The molecule has 170 valence electrons. The summed E-state index contributed by atoms with van der Waals surface area (Å²) >= 11 is 1.71. The van der Waals surface area contributed by atoms with Crippen molar-refractivity contribution in [2.24, 2.45) is 0 Å². The predicted octanol–water partition coefficient (Wildman–Crippen LogP) is 5.75. The van der Waals surface area contributed by atoms with E-state index in [1.807, 2.05) is 42.5 Å². The van der Waals surface area contributed by atoms with Gasteiger partial charge >= 0.3 is 0 Å². The van der Waals surface area contributed by atoms with Gasteiger partial charge in [0.1, 0.15) is 0 Å². The first-order chi connectivity index (χ1) is 16.1. The van der Waals surface area contributed by atoms with Crippen molar-refractivity contribution in [2.75, 3.05) is 32.0 Å². The summed E-state index contributed by atoms with van der Waals surface area (Å²) in [6.45, 7) is 0. The average molecular weight is 463 g/mol. The zero-order valence-electron chi connectivity index (χ0n) is 18.8. The lowest BCUT2D eigenvalue weighted by atomic mass is 9.80. The van der Waals surface area contributed by atoms with Crippen molar-refractivity contribution in [3.05, 3.63) is 75.6 Å². The van der Waals surface area contributed by atoms with E-state index in [0.29, 0.717) is 23.7 Å². The van der Waals surface area contributed by atoms with Crippen LogP contribution in [0.1, 0.15) is 35.2 Å². The quantitative estimate of drug-likeness (QED) is 0.503. The van der Waals surface area contributed by atoms with E-state index in [2.05, 4.69) is 22.1 Å². The van der Waals surface area contributed by atoms with Crippen LogP contribution < -0.4 is 24.8 Å². The average Bonchev–Trinajstić information content (AvgIpc) is 3.32. The van der Waals surface area contributed by atoms with Crippen molar-refractivity contribution in [3.8, 4) is 17.2 Å². The number of Topliss-reactive ketones (excluding diaryl/α,β-unsaturated/α-hetero) is 1. The third kappa shape index (κ3) is 3.82. The first kappa shape index (κ1) is 21.4. The summed E-state index contributed by atoms with van der Waals surface area (Å²) < 4.78 is 16.7. The molecular formula is C26H26N2O4S. The second-order valence-corrected chi connectivity index (χ2v) is 9.12. The molecule has 0 radical (unpaired) electrons. The number of carbonyl (C=O) groups is 1. The molecule has 1 aliphatic heterocycles. The molecule has 33 heavy (non-hydrogen) atoms. The molecule has 2 N–H and O–H groups in total. The summed E-state index contributed by atoms with van der Waals surface area (Å²) in [7, 11) is 4.78. The molecule has 5 rings (SSSR count). The summed E-state index contributed by atoms with van der Waals surface area (Å²) in [6, 6.07) is 15.7. The minimum atomic E-state index is -0.360. The lowest BCUT2D eigenvalue weighted by molar-refractivity contribution is -0.116. The number of ketones is 1. The molecule has 7 heteroatoms. The van der Waals surface area contributed by atoms with Crippen LogP contribution in [0.4, 0.5) is 11.4 Å². The van der Waals surface area contributed by atoms with E-state index in [-0.39, 0.29) is 17.7 Å². The molecular weight excluding hydrogens is 436 g/mol. The zero-order chi connectivity index (χ0) is 22.9. The Labute approximate surface area is 197 Å². The maximum absolute atomic E-state index is 13.6. The Hall–Kier alpha value is -3.45. The number of ether oxygens (including phenoxy) is 3. The highest BCUT2D eigenvalue weighted by atomic mass is 32.1. The molecule has 0 saturated carbocycles. The lowest BCUT2D eigenvalue weighted by Crippen LogP contribution is -2.26. The number of anilines is 2. The van der Waals surface area contributed by atoms with Crippen LogP contribution in [-0.2, 0) is 4.79 Å². The van der Waals surface area contributed by atoms with E-state index in [9.17, 15) is 4.79 Å². The third-order valence-corrected chi connectivity index (χ3v) is 7.31. The monoisotopic (exact) mass is 462 g/mol. The number of carbonyl (C=O) groups excluding carboxylic acids is 1. The molecule has 0 saturated heterocycles. The number of methoxy groups -OCH3 is 3. The van der Waals surface area contributed by atoms with Crippen molar-refractivity contribution >= 4 is 28.5 Å². The van der Waals surface area contributed by atoms with E-state index >= 15 is 0 Å². The van der Waals surface area contributed by atoms with Gasteiger partial charge in [0.15, 0.2) is 17.3 Å². The molecule has 3 aromatic rings. The van der Waals surface area contributed by atoms with Crippen molar-refractivity contribution in [1.29, 1.82) is 0 Å². The SMILES string of the molecule is COc1cc([C@@H]2Nc3ccccc3NC3=C2C(=O)C[C@H](c2cccs2)C3)cc(OC)c1OC. The van der Waals surface area contributed by atoms with Gasteiger partial charge in [-0.15, -0.1) is 11.3 Å². The fourth-order valence-corrected chi connectivity index (χ4v) is 5.57. The van der Waals surface area contributed by atoms with Crippen molar-refractivity contribution in [3.63, 3.8) is 0 Å². The highest BCUT2D eigenvalue weighted by Crippen LogP contribution is 2.47. The molecule has 0 fully saturated rings. The van der Waals surface area contributed by atoms with Crippen LogP contribution in [0.2, 0.25) is 0 Å². The highest BCUT2D eigenvalue weighted by molar-refractivity contribution is 7.10. The van der Waals surface area contributed by atoms with Crippen LogP contribution in [0.25, 0.3) is 0 Å². The van der Waals surface area contributed by atoms with Crippen molar-refractivity contribution < 1.29 is 19.0 Å². The van der Waals surface area contributed by atoms with E-state index in [4.69, 9.17) is 14.2 Å². The van der Waals surface area contributed by atoms with Gasteiger partial charge in [0, 0.05) is 28.5 Å². The fraction of sp³-hybridized carbons (Fsp3) is 0.269. The number of rotatable bonds is 5. The molecule has 1 aromatic heterocycles. The minimum Gasteiger partial charge on any atom is -0.493 e. The smallest absolute Gasteiger partial charge is 0.203 e. The molecule has 2 heterocycles. The second kappa shape index (κ2) is 8.83. The summed E-state index contributed by atoms with van der Waals surface area (Å²) in [6.07, 6.45) is 1.26. The number of hydrogen-bond donors (Lipinski definition) is 2. The number of fused-ring (bicyclic) bond motifs is 1. The molecule has 0 spiro atoms. The van der Waals surface area contributed by atoms with E-state index in [0.717, 1.165) is 34.6 Å². The minimum absolute atomic E-state index is 0.140. The van der Waals surface area contributed by atoms with Gasteiger partial charge in [-0.25, -0.2) is 0 Å². The van der Waals surface area contributed by atoms with Crippen LogP contribution >= 0.6 is 11.3 Å². The number of thiophene rings is 1. The summed E-state index contributed by atoms with van der Waals surface area (Å²) in [5.74, 6) is 1.95. The number of hydrogen-bond acceptors (Lipinski definition) is 7.